The van der Waals surface area contributed by atoms with Crippen LogP contribution in [0.3, 0.4) is 0 Å². The first-order valence-electron chi connectivity index (χ1n) is 9.07. The molecule has 0 aliphatic carbocycles. The van der Waals surface area contributed by atoms with E-state index in [4.69, 9.17) is 4.74 Å². The van der Waals surface area contributed by atoms with Crippen LogP contribution in [0.15, 0.2) is 30.3 Å². The minimum absolute atomic E-state index is 0.0287. The second-order valence-corrected chi connectivity index (χ2v) is 9.19. The van der Waals surface area contributed by atoms with Crippen molar-refractivity contribution in [1.82, 2.24) is 9.88 Å². The van der Waals surface area contributed by atoms with Crippen LogP contribution in [-0.2, 0) is 19.4 Å². The first-order chi connectivity index (χ1) is 12.8. The lowest BCUT2D eigenvalue weighted by atomic mass is 10.1. The second kappa shape index (κ2) is 7.72. The summed E-state index contributed by atoms with van der Waals surface area (Å²) < 4.78 is 28.8. The van der Waals surface area contributed by atoms with E-state index in [1.165, 1.54) is 0 Å². The van der Waals surface area contributed by atoms with Gasteiger partial charge in [-0.25, -0.2) is 13.2 Å². The summed E-state index contributed by atoms with van der Waals surface area (Å²) in [5.41, 5.74) is 1.09. The predicted molar refractivity (Wildman–Crippen MR) is 102 cm³/mol. The Morgan fingerprint density at radius 1 is 1.33 bits per heavy atom. The maximum absolute atomic E-state index is 12.7. The molecule has 8 heteroatoms. The molecule has 7 nitrogen and oxygen atoms in total. The van der Waals surface area contributed by atoms with E-state index in [1.54, 1.807) is 11.0 Å². The minimum Gasteiger partial charge on any atom is -0.451 e. The van der Waals surface area contributed by atoms with E-state index >= 15 is 0 Å². The number of para-hydroxylation sites is 1. The summed E-state index contributed by atoms with van der Waals surface area (Å²) in [7, 11) is -3.11. The third kappa shape index (κ3) is 4.32. The van der Waals surface area contributed by atoms with E-state index < -0.39 is 22.4 Å². The van der Waals surface area contributed by atoms with Crippen molar-refractivity contribution >= 4 is 32.6 Å². The lowest BCUT2D eigenvalue weighted by Gasteiger charge is -2.33. The third-order valence-corrected chi connectivity index (χ3v) is 6.78. The van der Waals surface area contributed by atoms with E-state index in [2.05, 4.69) is 4.98 Å². The first kappa shape index (κ1) is 19.4. The Labute approximate surface area is 158 Å². The van der Waals surface area contributed by atoms with Crippen molar-refractivity contribution in [2.75, 3.05) is 18.1 Å². The van der Waals surface area contributed by atoms with Crippen LogP contribution in [0, 0.1) is 0 Å². The number of ether oxygens (including phenoxy) is 1. The number of carbonyl (C=O) groups excluding carboxylic acids is 2. The van der Waals surface area contributed by atoms with Gasteiger partial charge in [0.05, 0.1) is 11.5 Å². The van der Waals surface area contributed by atoms with Gasteiger partial charge in [-0.05, 0) is 31.9 Å². The molecule has 27 heavy (non-hydrogen) atoms. The molecule has 3 rings (SSSR count). The maximum atomic E-state index is 12.7. The Hall–Kier alpha value is -2.35. The molecule has 2 heterocycles. The third-order valence-electron chi connectivity index (χ3n) is 5.03. The summed E-state index contributed by atoms with van der Waals surface area (Å²) in [4.78, 5) is 29.5. The predicted octanol–water partition coefficient (Wildman–Crippen LogP) is 2.14. The zero-order chi connectivity index (χ0) is 19.6. The highest BCUT2D eigenvalue weighted by atomic mass is 32.2. The number of sulfone groups is 1. The number of H-pyrrole nitrogens is 1. The van der Waals surface area contributed by atoms with Crippen LogP contribution in [0.25, 0.3) is 10.9 Å². The van der Waals surface area contributed by atoms with Crippen LogP contribution in [0.1, 0.15) is 37.2 Å². The highest BCUT2D eigenvalue weighted by Crippen LogP contribution is 2.22. The van der Waals surface area contributed by atoms with E-state index in [0.717, 1.165) is 10.9 Å². The molecule has 1 fully saturated rings. The van der Waals surface area contributed by atoms with Crippen molar-refractivity contribution in [1.29, 1.82) is 0 Å². The van der Waals surface area contributed by atoms with Gasteiger partial charge in [-0.1, -0.05) is 25.1 Å². The van der Waals surface area contributed by atoms with Crippen LogP contribution in [0.4, 0.5) is 0 Å². The van der Waals surface area contributed by atoms with Gasteiger partial charge in [0.1, 0.15) is 5.69 Å². The first-order valence-corrected chi connectivity index (χ1v) is 10.9. The molecule has 0 saturated carbocycles. The van der Waals surface area contributed by atoms with Gasteiger partial charge in [0.15, 0.2) is 16.4 Å². The summed E-state index contributed by atoms with van der Waals surface area (Å²) in [6.07, 6.45) is 1.12. The monoisotopic (exact) mass is 392 g/mol. The molecule has 1 aromatic carbocycles. The standard InChI is InChI=1S/C19H24N2O5S/c1-3-13(2)21(15-8-9-27(24,25)12-15)18(22)11-26-19(23)17-10-14-6-4-5-7-16(14)20-17/h4-7,10,13,15,20H,3,8-9,11-12H2,1-2H3/t13-,15+/m1/s1. The topological polar surface area (TPSA) is 96.5 Å². The summed E-state index contributed by atoms with van der Waals surface area (Å²) in [6.45, 7) is 3.41. The van der Waals surface area contributed by atoms with Gasteiger partial charge in [0.25, 0.3) is 5.91 Å². The van der Waals surface area contributed by atoms with Gasteiger partial charge < -0.3 is 14.6 Å². The largest absolute Gasteiger partial charge is 0.451 e. The molecular formula is C19H24N2O5S. The summed E-state index contributed by atoms with van der Waals surface area (Å²) in [5, 5.41) is 0.883. The Kier molecular flexibility index (Phi) is 5.55. The van der Waals surface area contributed by atoms with E-state index in [9.17, 15) is 18.0 Å². The van der Waals surface area contributed by atoms with Crippen molar-refractivity contribution < 1.29 is 22.7 Å². The number of hydrogen-bond donors (Lipinski definition) is 1. The Morgan fingerprint density at radius 3 is 2.70 bits per heavy atom. The molecule has 0 radical (unpaired) electrons. The zero-order valence-corrected chi connectivity index (χ0v) is 16.3. The van der Waals surface area contributed by atoms with Crippen molar-refractivity contribution in [3.8, 4) is 0 Å². The molecule has 1 saturated heterocycles. The molecule has 0 unspecified atom stereocenters. The fourth-order valence-corrected chi connectivity index (χ4v) is 5.18. The number of benzene rings is 1. The van der Waals surface area contributed by atoms with Crippen molar-refractivity contribution in [3.63, 3.8) is 0 Å². The highest BCUT2D eigenvalue weighted by molar-refractivity contribution is 7.91. The van der Waals surface area contributed by atoms with Gasteiger partial charge in [-0.15, -0.1) is 0 Å². The molecule has 0 spiro atoms. The van der Waals surface area contributed by atoms with Crippen LogP contribution in [0.2, 0.25) is 0 Å². The fraction of sp³-hybridized carbons (Fsp3) is 0.474. The molecular weight excluding hydrogens is 368 g/mol. The summed E-state index contributed by atoms with van der Waals surface area (Å²) in [6, 6.07) is 8.65. The average Bonchev–Trinajstić information content (AvgIpc) is 3.22. The Balaban J connectivity index is 1.67. The van der Waals surface area contributed by atoms with Crippen molar-refractivity contribution in [2.45, 2.75) is 38.8 Å². The van der Waals surface area contributed by atoms with Gasteiger partial charge >= 0.3 is 5.97 Å². The number of hydrogen-bond acceptors (Lipinski definition) is 5. The van der Waals surface area contributed by atoms with Gasteiger partial charge in [0, 0.05) is 23.0 Å². The number of fused-ring (bicyclic) bond motifs is 1. The van der Waals surface area contributed by atoms with Gasteiger partial charge in [-0.2, -0.15) is 0 Å². The fourth-order valence-electron chi connectivity index (χ4n) is 3.46. The maximum Gasteiger partial charge on any atom is 0.355 e. The zero-order valence-electron chi connectivity index (χ0n) is 15.5. The number of nitrogens with one attached hydrogen (secondary N) is 1. The van der Waals surface area contributed by atoms with Crippen molar-refractivity contribution in [2.24, 2.45) is 0 Å². The molecule has 1 aliphatic rings. The molecule has 1 aliphatic heterocycles. The van der Waals surface area contributed by atoms with Crippen LogP contribution in [0.5, 0.6) is 0 Å². The van der Waals surface area contributed by atoms with Gasteiger partial charge in [0.2, 0.25) is 0 Å². The molecule has 146 valence electrons. The number of nitrogens with zero attached hydrogens (tertiary/aromatic N) is 1. The Bertz CT molecular complexity index is 917. The van der Waals surface area contributed by atoms with E-state index in [0.29, 0.717) is 12.8 Å². The summed E-state index contributed by atoms with van der Waals surface area (Å²) >= 11 is 0. The lowest BCUT2D eigenvalue weighted by Crippen LogP contribution is -2.48. The van der Waals surface area contributed by atoms with Crippen LogP contribution in [-0.4, -0.2) is 60.4 Å². The summed E-state index contributed by atoms with van der Waals surface area (Å²) in [5.74, 6) is -0.912. The molecule has 1 aromatic heterocycles. The molecule has 2 atom stereocenters. The van der Waals surface area contributed by atoms with Crippen molar-refractivity contribution in [3.05, 3.63) is 36.0 Å². The second-order valence-electron chi connectivity index (χ2n) is 6.96. The quantitative estimate of drug-likeness (QED) is 0.760. The minimum atomic E-state index is -3.11. The number of rotatable bonds is 6. The average molecular weight is 392 g/mol. The SMILES string of the molecule is CC[C@@H](C)N(C(=O)COC(=O)c1cc2ccccc2[nH]1)[C@H]1CCS(=O)(=O)C1. The number of carbonyl (C=O) groups is 2. The van der Waals surface area contributed by atoms with E-state index in [-0.39, 0.29) is 35.2 Å². The molecule has 1 N–H and O–H groups in total. The molecule has 2 aromatic rings. The van der Waals surface area contributed by atoms with Crippen LogP contribution < -0.4 is 0 Å². The number of aromatic nitrogens is 1. The van der Waals surface area contributed by atoms with Crippen LogP contribution >= 0.6 is 0 Å². The lowest BCUT2D eigenvalue weighted by molar-refractivity contribution is -0.138. The number of amides is 1. The smallest absolute Gasteiger partial charge is 0.355 e. The highest BCUT2D eigenvalue weighted by Gasteiger charge is 2.36. The Morgan fingerprint density at radius 2 is 2.07 bits per heavy atom. The van der Waals surface area contributed by atoms with E-state index in [1.807, 2.05) is 38.1 Å². The normalized spacial score (nSPS) is 19.7. The molecule has 1 amide bonds. The van der Waals surface area contributed by atoms with Gasteiger partial charge in [-0.3, -0.25) is 4.79 Å². The number of aromatic amines is 1. The molecule has 0 bridgehead atoms. The number of esters is 1.